The molecule has 0 spiro atoms. The molecule has 0 aliphatic carbocycles. The molecule has 1 N–H and O–H groups in total. The largest absolute Gasteiger partial charge is 0.342 e. The van der Waals surface area contributed by atoms with Crippen molar-refractivity contribution in [3.63, 3.8) is 0 Å². The summed E-state index contributed by atoms with van der Waals surface area (Å²) in [5, 5.41) is 3.29. The Kier molecular flexibility index (Phi) is 5.39. The van der Waals surface area contributed by atoms with Crippen LogP contribution in [0.5, 0.6) is 0 Å². The van der Waals surface area contributed by atoms with Crippen LogP contribution in [-0.4, -0.2) is 58.3 Å². The fraction of sp³-hybridized carbons (Fsp3) is 0.400. The number of nitrogens with zero attached hydrogens (tertiary/aromatic N) is 4. The molecule has 7 nitrogen and oxygen atoms in total. The molecule has 1 aliphatic rings. The first-order valence-electron chi connectivity index (χ1n) is 9.05. The third-order valence-corrected chi connectivity index (χ3v) is 4.62. The standard InChI is InChI=1S/C20H25N5O2/c1-20(2,3)15-6-4-5-7-16(15)23-18-13-21-17(12-22-18)19(27)25-10-8-24(14-26)9-11-25/h4-7,12-14H,8-11H2,1-3H3,(H,22,23). The topological polar surface area (TPSA) is 78.4 Å². The lowest BCUT2D eigenvalue weighted by atomic mass is 9.86. The third kappa shape index (κ3) is 4.42. The highest BCUT2D eigenvalue weighted by molar-refractivity contribution is 5.92. The van der Waals surface area contributed by atoms with Gasteiger partial charge < -0.3 is 15.1 Å². The third-order valence-electron chi connectivity index (χ3n) is 4.62. The van der Waals surface area contributed by atoms with Crippen molar-refractivity contribution in [2.75, 3.05) is 31.5 Å². The van der Waals surface area contributed by atoms with Crippen molar-refractivity contribution >= 4 is 23.8 Å². The Morgan fingerprint density at radius 2 is 1.78 bits per heavy atom. The molecule has 3 rings (SSSR count). The summed E-state index contributed by atoms with van der Waals surface area (Å²) in [7, 11) is 0. The molecule has 1 fully saturated rings. The molecule has 142 valence electrons. The van der Waals surface area contributed by atoms with Crippen molar-refractivity contribution in [2.24, 2.45) is 0 Å². The van der Waals surface area contributed by atoms with E-state index >= 15 is 0 Å². The second-order valence-electron chi connectivity index (χ2n) is 7.64. The van der Waals surface area contributed by atoms with Crippen molar-refractivity contribution in [1.29, 1.82) is 0 Å². The van der Waals surface area contributed by atoms with Crippen molar-refractivity contribution in [2.45, 2.75) is 26.2 Å². The maximum atomic E-state index is 12.5. The highest BCUT2D eigenvalue weighted by atomic mass is 16.2. The van der Waals surface area contributed by atoms with Crippen LogP contribution in [0.2, 0.25) is 0 Å². The fourth-order valence-corrected chi connectivity index (χ4v) is 3.08. The van der Waals surface area contributed by atoms with E-state index in [9.17, 15) is 9.59 Å². The van der Waals surface area contributed by atoms with Crippen LogP contribution >= 0.6 is 0 Å². The smallest absolute Gasteiger partial charge is 0.274 e. The number of amides is 2. The second-order valence-corrected chi connectivity index (χ2v) is 7.64. The summed E-state index contributed by atoms with van der Waals surface area (Å²) in [5.74, 6) is 0.434. The highest BCUT2D eigenvalue weighted by Gasteiger charge is 2.22. The van der Waals surface area contributed by atoms with E-state index in [4.69, 9.17) is 0 Å². The van der Waals surface area contributed by atoms with Gasteiger partial charge in [0.1, 0.15) is 11.5 Å². The Hall–Kier alpha value is -2.96. The molecule has 1 saturated heterocycles. The summed E-state index contributed by atoms with van der Waals surface area (Å²) in [6.45, 7) is 8.59. The lowest BCUT2D eigenvalue weighted by Crippen LogP contribution is -2.48. The van der Waals surface area contributed by atoms with E-state index in [1.54, 1.807) is 16.0 Å². The second kappa shape index (κ2) is 7.73. The Labute approximate surface area is 159 Å². The predicted molar refractivity (Wildman–Crippen MR) is 104 cm³/mol. The molecular formula is C20H25N5O2. The first-order valence-corrected chi connectivity index (χ1v) is 9.05. The summed E-state index contributed by atoms with van der Waals surface area (Å²) in [5.41, 5.74) is 2.46. The molecule has 1 aromatic heterocycles. The summed E-state index contributed by atoms with van der Waals surface area (Å²) in [6, 6.07) is 8.09. The van der Waals surface area contributed by atoms with Crippen molar-refractivity contribution in [3.8, 4) is 0 Å². The number of nitrogens with one attached hydrogen (secondary N) is 1. The zero-order valence-corrected chi connectivity index (χ0v) is 16.0. The van der Waals surface area contributed by atoms with Crippen molar-refractivity contribution in [1.82, 2.24) is 19.8 Å². The molecule has 0 bridgehead atoms. The predicted octanol–water partition coefficient (Wildman–Crippen LogP) is 2.43. The highest BCUT2D eigenvalue weighted by Crippen LogP contribution is 2.30. The van der Waals surface area contributed by atoms with E-state index in [2.05, 4.69) is 42.1 Å². The minimum Gasteiger partial charge on any atom is -0.342 e. The number of hydrogen-bond acceptors (Lipinski definition) is 5. The zero-order chi connectivity index (χ0) is 19.4. The summed E-state index contributed by atoms with van der Waals surface area (Å²) < 4.78 is 0. The SMILES string of the molecule is CC(C)(C)c1ccccc1Nc1cnc(C(=O)N2CCN(C=O)CC2)cn1. The number of aromatic nitrogens is 2. The van der Waals surface area contributed by atoms with Gasteiger partial charge in [-0.1, -0.05) is 39.0 Å². The summed E-state index contributed by atoms with van der Waals surface area (Å²) in [6.07, 6.45) is 3.89. The van der Waals surface area contributed by atoms with Crippen LogP contribution in [0.3, 0.4) is 0 Å². The summed E-state index contributed by atoms with van der Waals surface area (Å²) >= 11 is 0. The maximum absolute atomic E-state index is 12.5. The molecule has 1 aromatic carbocycles. The van der Waals surface area contributed by atoms with Gasteiger partial charge in [0.15, 0.2) is 0 Å². The average molecular weight is 367 g/mol. The molecule has 0 saturated carbocycles. The fourth-order valence-electron chi connectivity index (χ4n) is 3.08. The van der Waals surface area contributed by atoms with E-state index in [1.807, 2.05) is 18.2 Å². The van der Waals surface area contributed by atoms with E-state index < -0.39 is 0 Å². The maximum Gasteiger partial charge on any atom is 0.274 e. The van der Waals surface area contributed by atoms with Crippen LogP contribution in [0, 0.1) is 0 Å². The Bertz CT molecular complexity index is 806. The van der Waals surface area contributed by atoms with Crippen LogP contribution in [-0.2, 0) is 10.2 Å². The minimum absolute atomic E-state index is 0.00338. The normalized spacial score (nSPS) is 14.8. The molecule has 2 aromatic rings. The van der Waals surface area contributed by atoms with Gasteiger partial charge in [-0.15, -0.1) is 0 Å². The number of rotatable bonds is 4. The first-order chi connectivity index (χ1) is 12.9. The summed E-state index contributed by atoms with van der Waals surface area (Å²) in [4.78, 5) is 35.3. The monoisotopic (exact) mass is 367 g/mol. The van der Waals surface area contributed by atoms with Gasteiger partial charge in [0, 0.05) is 31.9 Å². The molecular weight excluding hydrogens is 342 g/mol. The Balaban J connectivity index is 1.70. The number of benzene rings is 1. The van der Waals surface area contributed by atoms with Crippen molar-refractivity contribution in [3.05, 3.63) is 47.9 Å². The number of hydrogen-bond donors (Lipinski definition) is 1. The van der Waals surface area contributed by atoms with Gasteiger partial charge in [-0.25, -0.2) is 9.97 Å². The molecule has 7 heteroatoms. The molecule has 2 amide bonds. The Morgan fingerprint density at radius 3 is 2.37 bits per heavy atom. The number of anilines is 2. The van der Waals surface area contributed by atoms with Crippen LogP contribution in [0.25, 0.3) is 0 Å². The minimum atomic E-state index is -0.158. The zero-order valence-electron chi connectivity index (χ0n) is 16.0. The van der Waals surface area contributed by atoms with Gasteiger partial charge in [-0.2, -0.15) is 0 Å². The van der Waals surface area contributed by atoms with E-state index in [0.29, 0.717) is 37.7 Å². The van der Waals surface area contributed by atoms with Gasteiger partial charge >= 0.3 is 0 Å². The molecule has 0 atom stereocenters. The van der Waals surface area contributed by atoms with E-state index in [1.165, 1.54) is 11.8 Å². The van der Waals surface area contributed by atoms with E-state index in [-0.39, 0.29) is 11.3 Å². The average Bonchev–Trinajstić information content (AvgIpc) is 2.68. The quantitative estimate of drug-likeness (QED) is 0.840. The number of para-hydroxylation sites is 1. The first kappa shape index (κ1) is 18.8. The van der Waals surface area contributed by atoms with Gasteiger partial charge in [0.2, 0.25) is 6.41 Å². The van der Waals surface area contributed by atoms with E-state index in [0.717, 1.165) is 12.1 Å². The molecule has 0 unspecified atom stereocenters. The van der Waals surface area contributed by atoms with Crippen molar-refractivity contribution < 1.29 is 9.59 Å². The molecule has 1 aliphatic heterocycles. The molecule has 27 heavy (non-hydrogen) atoms. The number of carbonyl (C=O) groups excluding carboxylic acids is 2. The van der Waals surface area contributed by atoms with Gasteiger partial charge in [0.05, 0.1) is 12.4 Å². The number of carbonyl (C=O) groups is 2. The number of piperazine rings is 1. The molecule has 0 radical (unpaired) electrons. The van der Waals surface area contributed by atoms with Gasteiger partial charge in [-0.05, 0) is 17.0 Å². The van der Waals surface area contributed by atoms with Crippen LogP contribution in [0.4, 0.5) is 11.5 Å². The lowest BCUT2D eigenvalue weighted by molar-refractivity contribution is -0.119. The lowest BCUT2D eigenvalue weighted by Gasteiger charge is -2.32. The van der Waals surface area contributed by atoms with Crippen LogP contribution < -0.4 is 5.32 Å². The Morgan fingerprint density at radius 1 is 1.07 bits per heavy atom. The molecule has 2 heterocycles. The van der Waals surface area contributed by atoms with Crippen LogP contribution in [0.15, 0.2) is 36.7 Å². The van der Waals surface area contributed by atoms with Gasteiger partial charge in [0.25, 0.3) is 5.91 Å². The van der Waals surface area contributed by atoms with Crippen LogP contribution in [0.1, 0.15) is 36.8 Å². The van der Waals surface area contributed by atoms with Gasteiger partial charge in [-0.3, -0.25) is 9.59 Å².